The molecule has 0 aliphatic heterocycles. The van der Waals surface area contributed by atoms with E-state index in [9.17, 15) is 5.11 Å². The summed E-state index contributed by atoms with van der Waals surface area (Å²) in [4.78, 5) is 0. The van der Waals surface area contributed by atoms with Gasteiger partial charge in [-0.25, -0.2) is 0 Å². The molecule has 1 aromatic carbocycles. The van der Waals surface area contributed by atoms with Gasteiger partial charge < -0.3 is 10.2 Å². The molecular formula is C16H24O2. The Labute approximate surface area is 110 Å². The lowest BCUT2D eigenvalue weighted by Gasteiger charge is -2.20. The second-order valence-corrected chi connectivity index (χ2v) is 4.81. The van der Waals surface area contributed by atoms with E-state index in [0.717, 1.165) is 31.2 Å². The molecule has 2 atom stereocenters. The molecule has 2 N–H and O–H groups in total. The lowest BCUT2D eigenvalue weighted by molar-refractivity contribution is 0.144. The maximum Gasteiger partial charge on any atom is 0.0643 e. The fourth-order valence-electron chi connectivity index (χ4n) is 2.13. The summed E-state index contributed by atoms with van der Waals surface area (Å²) in [6.07, 6.45) is 4.91. The summed E-state index contributed by atoms with van der Waals surface area (Å²) >= 11 is 0. The van der Waals surface area contributed by atoms with Gasteiger partial charge in [-0.05, 0) is 25.3 Å². The summed E-state index contributed by atoms with van der Waals surface area (Å²) < 4.78 is 0. The summed E-state index contributed by atoms with van der Waals surface area (Å²) in [6, 6.07) is 8.23. The summed E-state index contributed by atoms with van der Waals surface area (Å²) in [5.41, 5.74) is 2.34. The molecule has 2 nitrogen and oxygen atoms in total. The van der Waals surface area contributed by atoms with E-state index in [-0.39, 0.29) is 18.6 Å². The van der Waals surface area contributed by atoms with Crippen molar-refractivity contribution in [2.75, 3.05) is 6.61 Å². The number of hydrogen-bond donors (Lipinski definition) is 2. The van der Waals surface area contributed by atoms with Crippen molar-refractivity contribution in [1.82, 2.24) is 0 Å². The van der Waals surface area contributed by atoms with Crippen LogP contribution in [0.3, 0.4) is 0 Å². The van der Waals surface area contributed by atoms with Gasteiger partial charge in [-0.15, -0.1) is 6.58 Å². The van der Waals surface area contributed by atoms with Crippen molar-refractivity contribution in [2.45, 2.75) is 44.6 Å². The highest BCUT2D eigenvalue weighted by molar-refractivity contribution is 5.28. The van der Waals surface area contributed by atoms with E-state index in [4.69, 9.17) is 5.11 Å². The molecule has 0 spiro atoms. The zero-order valence-corrected chi connectivity index (χ0v) is 11.2. The fourth-order valence-corrected chi connectivity index (χ4v) is 2.13. The zero-order chi connectivity index (χ0) is 13.4. The Balaban J connectivity index is 2.54. The van der Waals surface area contributed by atoms with E-state index < -0.39 is 0 Å². The van der Waals surface area contributed by atoms with Gasteiger partial charge >= 0.3 is 0 Å². The van der Waals surface area contributed by atoms with Crippen molar-refractivity contribution in [1.29, 1.82) is 0 Å². The maximum atomic E-state index is 10.2. The molecule has 2 heteroatoms. The number of aryl methyl sites for hydroxylation is 1. The third-order valence-electron chi connectivity index (χ3n) is 3.29. The maximum absolute atomic E-state index is 10.2. The molecule has 0 heterocycles. The molecule has 18 heavy (non-hydrogen) atoms. The SMILES string of the molecule is C=C[C@H](c1ccc(C)cc1)[C@H](O)CCCCCO. The summed E-state index contributed by atoms with van der Waals surface area (Å²) in [6.45, 7) is 6.11. The van der Waals surface area contributed by atoms with Gasteiger partial charge in [-0.1, -0.05) is 48.7 Å². The van der Waals surface area contributed by atoms with Crippen LogP contribution >= 0.6 is 0 Å². The second-order valence-electron chi connectivity index (χ2n) is 4.81. The first-order valence-corrected chi connectivity index (χ1v) is 6.67. The summed E-state index contributed by atoms with van der Waals surface area (Å²) in [5, 5.41) is 18.9. The Hall–Kier alpha value is -1.12. The highest BCUT2D eigenvalue weighted by Crippen LogP contribution is 2.24. The normalized spacial score (nSPS) is 14.2. The minimum Gasteiger partial charge on any atom is -0.396 e. The van der Waals surface area contributed by atoms with Crippen molar-refractivity contribution in [3.05, 3.63) is 48.0 Å². The number of aliphatic hydroxyl groups is 2. The molecule has 0 bridgehead atoms. The first-order chi connectivity index (χ1) is 8.69. The standard InChI is InChI=1S/C16H24O2/c1-3-15(14-10-8-13(2)9-11-14)16(18)7-5-4-6-12-17/h3,8-11,15-18H,1,4-7,12H2,2H3/t15-,16-/m1/s1. The average molecular weight is 248 g/mol. The molecule has 0 saturated heterocycles. The van der Waals surface area contributed by atoms with Crippen molar-refractivity contribution in [3.63, 3.8) is 0 Å². The first kappa shape index (κ1) is 14.9. The molecule has 0 saturated carbocycles. The molecule has 1 aromatic rings. The molecule has 100 valence electrons. The number of rotatable bonds is 8. The quantitative estimate of drug-likeness (QED) is 0.548. The lowest BCUT2D eigenvalue weighted by Crippen LogP contribution is -2.16. The monoisotopic (exact) mass is 248 g/mol. The number of aliphatic hydroxyl groups excluding tert-OH is 2. The van der Waals surface area contributed by atoms with E-state index in [0.29, 0.717) is 0 Å². The van der Waals surface area contributed by atoms with Gasteiger partial charge in [-0.3, -0.25) is 0 Å². The van der Waals surface area contributed by atoms with Crippen molar-refractivity contribution >= 4 is 0 Å². The fraction of sp³-hybridized carbons (Fsp3) is 0.500. The van der Waals surface area contributed by atoms with E-state index in [2.05, 4.69) is 37.8 Å². The van der Waals surface area contributed by atoms with Gasteiger partial charge in [-0.2, -0.15) is 0 Å². The Morgan fingerprint density at radius 1 is 1.17 bits per heavy atom. The molecule has 0 aromatic heterocycles. The highest BCUT2D eigenvalue weighted by Gasteiger charge is 2.17. The van der Waals surface area contributed by atoms with Crippen molar-refractivity contribution in [2.24, 2.45) is 0 Å². The van der Waals surface area contributed by atoms with Crippen LogP contribution in [0.25, 0.3) is 0 Å². The van der Waals surface area contributed by atoms with Gasteiger partial charge in [0.05, 0.1) is 6.10 Å². The largest absolute Gasteiger partial charge is 0.396 e. The molecule has 1 rings (SSSR count). The third kappa shape index (κ3) is 4.63. The zero-order valence-electron chi connectivity index (χ0n) is 11.2. The summed E-state index contributed by atoms with van der Waals surface area (Å²) in [7, 11) is 0. The average Bonchev–Trinajstić information content (AvgIpc) is 2.38. The number of benzene rings is 1. The van der Waals surface area contributed by atoms with Crippen LogP contribution in [0, 0.1) is 6.92 Å². The molecule has 0 aliphatic carbocycles. The van der Waals surface area contributed by atoms with Crippen LogP contribution in [0.2, 0.25) is 0 Å². The molecule has 0 fully saturated rings. The minimum atomic E-state index is -0.385. The van der Waals surface area contributed by atoms with Crippen LogP contribution in [0.1, 0.15) is 42.7 Å². The van der Waals surface area contributed by atoms with E-state index in [1.54, 1.807) is 0 Å². The van der Waals surface area contributed by atoms with Gasteiger partial charge in [0.15, 0.2) is 0 Å². The number of hydrogen-bond acceptors (Lipinski definition) is 2. The Morgan fingerprint density at radius 3 is 2.39 bits per heavy atom. The Kier molecular flexibility index (Phi) is 6.69. The van der Waals surface area contributed by atoms with Crippen LogP contribution in [-0.2, 0) is 0 Å². The Morgan fingerprint density at radius 2 is 1.83 bits per heavy atom. The molecule has 0 amide bonds. The van der Waals surface area contributed by atoms with Crippen molar-refractivity contribution in [3.8, 4) is 0 Å². The van der Waals surface area contributed by atoms with Gasteiger partial charge in [0.25, 0.3) is 0 Å². The molecule has 0 unspecified atom stereocenters. The van der Waals surface area contributed by atoms with Crippen LogP contribution < -0.4 is 0 Å². The molecular weight excluding hydrogens is 224 g/mol. The van der Waals surface area contributed by atoms with E-state index in [1.165, 1.54) is 5.56 Å². The minimum absolute atomic E-state index is 0.000253. The Bertz CT molecular complexity index is 343. The lowest BCUT2D eigenvalue weighted by atomic mass is 9.90. The smallest absolute Gasteiger partial charge is 0.0643 e. The van der Waals surface area contributed by atoms with Crippen LogP contribution in [0.5, 0.6) is 0 Å². The van der Waals surface area contributed by atoms with Crippen LogP contribution in [-0.4, -0.2) is 22.9 Å². The highest BCUT2D eigenvalue weighted by atomic mass is 16.3. The van der Waals surface area contributed by atoms with Crippen molar-refractivity contribution < 1.29 is 10.2 Å². The topological polar surface area (TPSA) is 40.5 Å². The molecule has 0 radical (unpaired) electrons. The van der Waals surface area contributed by atoms with Gasteiger partial charge in [0.2, 0.25) is 0 Å². The van der Waals surface area contributed by atoms with Gasteiger partial charge in [0.1, 0.15) is 0 Å². The van der Waals surface area contributed by atoms with Gasteiger partial charge in [0, 0.05) is 12.5 Å². The second kappa shape index (κ2) is 8.06. The van der Waals surface area contributed by atoms with E-state index in [1.807, 2.05) is 6.08 Å². The summed E-state index contributed by atoms with van der Waals surface area (Å²) in [5.74, 6) is -0.000253. The predicted molar refractivity (Wildman–Crippen MR) is 75.7 cm³/mol. The molecule has 0 aliphatic rings. The van der Waals surface area contributed by atoms with Crippen LogP contribution in [0.4, 0.5) is 0 Å². The first-order valence-electron chi connectivity index (χ1n) is 6.67. The number of unbranched alkanes of at least 4 members (excludes halogenated alkanes) is 2. The predicted octanol–water partition coefficient (Wildman–Crippen LogP) is 3.18. The van der Waals surface area contributed by atoms with E-state index >= 15 is 0 Å². The third-order valence-corrected chi connectivity index (χ3v) is 3.29. The van der Waals surface area contributed by atoms with Crippen LogP contribution in [0.15, 0.2) is 36.9 Å².